The lowest BCUT2D eigenvalue weighted by Gasteiger charge is -2.10. The Balaban J connectivity index is 1.80. The fraction of sp³-hybridized carbons (Fsp3) is 0. The van der Waals surface area contributed by atoms with E-state index < -0.39 is 0 Å². The fourth-order valence-electron chi connectivity index (χ4n) is 2.19. The van der Waals surface area contributed by atoms with E-state index in [4.69, 9.17) is 0 Å². The first-order chi connectivity index (χ1) is 10.2. The van der Waals surface area contributed by atoms with Crippen molar-refractivity contribution in [2.75, 3.05) is 10.6 Å². The molecule has 0 aromatic heterocycles. The maximum Gasteiger partial charge on any atom is 0.323 e. The van der Waals surface area contributed by atoms with E-state index in [1.165, 1.54) is 0 Å². The molecular weight excluding hydrogens is 328 g/mol. The molecule has 0 aliphatic heterocycles. The second-order valence-electron chi connectivity index (χ2n) is 4.62. The van der Waals surface area contributed by atoms with E-state index >= 15 is 0 Å². The number of fused-ring (bicyclic) bond motifs is 1. The number of hydrogen-bond acceptors (Lipinski definition) is 1. The van der Waals surface area contributed by atoms with Gasteiger partial charge in [-0.3, -0.25) is 0 Å². The van der Waals surface area contributed by atoms with Crippen molar-refractivity contribution < 1.29 is 4.79 Å². The van der Waals surface area contributed by atoms with Gasteiger partial charge < -0.3 is 10.6 Å². The average molecular weight is 341 g/mol. The summed E-state index contributed by atoms with van der Waals surface area (Å²) in [6, 6.07) is 21.0. The highest BCUT2D eigenvalue weighted by atomic mass is 79.9. The summed E-state index contributed by atoms with van der Waals surface area (Å²) < 4.78 is 0.922. The number of halogens is 1. The summed E-state index contributed by atoms with van der Waals surface area (Å²) in [5.41, 5.74) is 1.53. The van der Waals surface area contributed by atoms with Gasteiger partial charge in [-0.05, 0) is 29.7 Å². The normalized spacial score (nSPS) is 10.3. The standard InChI is InChI=1S/C17H13BrN2O/c18-13-7-4-8-14(11-13)19-17(21)20-16-10-3-6-12-5-1-2-9-15(12)16/h1-11H,(H2,19,20,21). The van der Waals surface area contributed by atoms with Crippen molar-refractivity contribution in [3.63, 3.8) is 0 Å². The summed E-state index contributed by atoms with van der Waals surface area (Å²) >= 11 is 3.38. The molecule has 0 fully saturated rings. The third-order valence-electron chi connectivity index (χ3n) is 3.12. The molecule has 3 aromatic carbocycles. The molecule has 21 heavy (non-hydrogen) atoms. The minimum absolute atomic E-state index is 0.260. The molecule has 0 radical (unpaired) electrons. The third kappa shape index (κ3) is 3.23. The van der Waals surface area contributed by atoms with Crippen LogP contribution >= 0.6 is 15.9 Å². The molecule has 104 valence electrons. The number of rotatable bonds is 2. The van der Waals surface area contributed by atoms with Gasteiger partial charge in [-0.2, -0.15) is 0 Å². The predicted octanol–water partition coefficient (Wildman–Crippen LogP) is 5.25. The van der Waals surface area contributed by atoms with Gasteiger partial charge in [-0.1, -0.05) is 58.4 Å². The summed E-state index contributed by atoms with van der Waals surface area (Å²) in [4.78, 5) is 12.1. The molecule has 3 aromatic rings. The van der Waals surface area contributed by atoms with Crippen LogP contribution in [0.1, 0.15) is 0 Å². The van der Waals surface area contributed by atoms with Gasteiger partial charge in [0.1, 0.15) is 0 Å². The topological polar surface area (TPSA) is 41.1 Å². The number of urea groups is 1. The molecule has 0 unspecified atom stereocenters. The quantitative estimate of drug-likeness (QED) is 0.657. The Bertz CT molecular complexity index is 796. The molecular formula is C17H13BrN2O. The van der Waals surface area contributed by atoms with Gasteiger partial charge >= 0.3 is 6.03 Å². The zero-order valence-corrected chi connectivity index (χ0v) is 12.7. The van der Waals surface area contributed by atoms with Crippen LogP contribution in [0.15, 0.2) is 71.2 Å². The fourth-order valence-corrected chi connectivity index (χ4v) is 2.58. The van der Waals surface area contributed by atoms with E-state index in [1.807, 2.05) is 66.7 Å². The maximum absolute atomic E-state index is 12.1. The Hall–Kier alpha value is -2.33. The first-order valence-corrected chi connectivity index (χ1v) is 7.33. The molecule has 0 bridgehead atoms. The van der Waals surface area contributed by atoms with Crippen molar-refractivity contribution in [2.24, 2.45) is 0 Å². The van der Waals surface area contributed by atoms with Crippen LogP contribution in [0.5, 0.6) is 0 Å². The first kappa shape index (κ1) is 13.6. The molecule has 2 amide bonds. The van der Waals surface area contributed by atoms with Crippen LogP contribution < -0.4 is 10.6 Å². The van der Waals surface area contributed by atoms with E-state index in [1.54, 1.807) is 0 Å². The predicted molar refractivity (Wildman–Crippen MR) is 90.7 cm³/mol. The van der Waals surface area contributed by atoms with E-state index in [0.29, 0.717) is 0 Å². The van der Waals surface area contributed by atoms with Crippen molar-refractivity contribution in [3.8, 4) is 0 Å². The molecule has 0 heterocycles. The lowest BCUT2D eigenvalue weighted by Crippen LogP contribution is -2.19. The molecule has 3 nitrogen and oxygen atoms in total. The van der Waals surface area contributed by atoms with E-state index in [2.05, 4.69) is 26.6 Å². The van der Waals surface area contributed by atoms with Gasteiger partial charge in [0.25, 0.3) is 0 Å². The van der Waals surface area contributed by atoms with E-state index in [-0.39, 0.29) is 6.03 Å². The summed E-state index contributed by atoms with van der Waals surface area (Å²) in [6.45, 7) is 0. The molecule has 0 saturated carbocycles. The van der Waals surface area contributed by atoms with Gasteiger partial charge in [0.15, 0.2) is 0 Å². The monoisotopic (exact) mass is 340 g/mol. The largest absolute Gasteiger partial charge is 0.323 e. The maximum atomic E-state index is 12.1. The third-order valence-corrected chi connectivity index (χ3v) is 3.61. The van der Waals surface area contributed by atoms with Crippen LogP contribution in [0.2, 0.25) is 0 Å². The van der Waals surface area contributed by atoms with Gasteiger partial charge in [-0.25, -0.2) is 4.79 Å². The van der Waals surface area contributed by atoms with Crippen molar-refractivity contribution in [2.45, 2.75) is 0 Å². The second-order valence-corrected chi connectivity index (χ2v) is 5.53. The minimum atomic E-state index is -0.260. The lowest BCUT2D eigenvalue weighted by molar-refractivity contribution is 0.262. The van der Waals surface area contributed by atoms with Crippen molar-refractivity contribution in [1.29, 1.82) is 0 Å². The summed E-state index contributed by atoms with van der Waals surface area (Å²) in [6.07, 6.45) is 0. The molecule has 0 atom stereocenters. The Morgan fingerprint density at radius 2 is 1.62 bits per heavy atom. The highest BCUT2D eigenvalue weighted by Crippen LogP contribution is 2.23. The number of nitrogens with one attached hydrogen (secondary N) is 2. The van der Waals surface area contributed by atoms with Gasteiger partial charge in [-0.15, -0.1) is 0 Å². The number of anilines is 2. The molecule has 0 spiro atoms. The van der Waals surface area contributed by atoms with Gasteiger partial charge in [0.2, 0.25) is 0 Å². The number of amides is 2. The Morgan fingerprint density at radius 1 is 0.857 bits per heavy atom. The Kier molecular flexibility index (Phi) is 3.88. The van der Waals surface area contributed by atoms with Crippen LogP contribution in [-0.2, 0) is 0 Å². The highest BCUT2D eigenvalue weighted by Gasteiger charge is 2.05. The SMILES string of the molecule is O=C(Nc1cccc(Br)c1)Nc1cccc2ccccc12. The van der Waals surface area contributed by atoms with Crippen LogP contribution in [0.4, 0.5) is 16.2 Å². The van der Waals surface area contributed by atoms with Gasteiger partial charge in [0, 0.05) is 15.5 Å². The van der Waals surface area contributed by atoms with Gasteiger partial charge in [0.05, 0.1) is 5.69 Å². The first-order valence-electron chi connectivity index (χ1n) is 6.54. The van der Waals surface area contributed by atoms with Crippen molar-refractivity contribution >= 4 is 44.1 Å². The molecule has 3 rings (SSSR count). The number of carbonyl (C=O) groups is 1. The summed E-state index contributed by atoms with van der Waals surface area (Å²) in [5.74, 6) is 0. The molecule has 2 N–H and O–H groups in total. The molecule has 0 saturated heterocycles. The Morgan fingerprint density at radius 3 is 2.48 bits per heavy atom. The van der Waals surface area contributed by atoms with E-state index in [9.17, 15) is 4.79 Å². The molecule has 0 aliphatic rings. The van der Waals surface area contributed by atoms with Crippen molar-refractivity contribution in [3.05, 3.63) is 71.2 Å². The smallest absolute Gasteiger partial charge is 0.308 e. The zero-order chi connectivity index (χ0) is 14.7. The number of benzene rings is 3. The minimum Gasteiger partial charge on any atom is -0.308 e. The molecule has 0 aliphatic carbocycles. The van der Waals surface area contributed by atoms with Crippen molar-refractivity contribution in [1.82, 2.24) is 0 Å². The zero-order valence-electron chi connectivity index (χ0n) is 11.1. The summed E-state index contributed by atoms with van der Waals surface area (Å²) in [5, 5.41) is 7.82. The van der Waals surface area contributed by atoms with Crippen LogP contribution in [0.25, 0.3) is 10.8 Å². The number of carbonyl (C=O) groups excluding carboxylic acids is 1. The van der Waals surface area contributed by atoms with Crippen LogP contribution in [0.3, 0.4) is 0 Å². The Labute approximate surface area is 131 Å². The number of hydrogen-bond donors (Lipinski definition) is 2. The van der Waals surface area contributed by atoms with Crippen LogP contribution in [-0.4, -0.2) is 6.03 Å². The second kappa shape index (κ2) is 5.97. The highest BCUT2D eigenvalue weighted by molar-refractivity contribution is 9.10. The average Bonchev–Trinajstić information content (AvgIpc) is 2.47. The summed E-state index contributed by atoms with van der Waals surface area (Å²) in [7, 11) is 0. The lowest BCUT2D eigenvalue weighted by atomic mass is 10.1. The molecule has 4 heteroatoms. The van der Waals surface area contributed by atoms with E-state index in [0.717, 1.165) is 26.6 Å². The van der Waals surface area contributed by atoms with Crippen LogP contribution in [0, 0.1) is 0 Å².